The van der Waals surface area contributed by atoms with E-state index in [0.717, 1.165) is 30.5 Å². The molecule has 0 spiro atoms. The third kappa shape index (κ3) is 31.6. The first-order valence-electron chi connectivity index (χ1n) is 18.1. The molecule has 0 aliphatic carbocycles. The van der Waals surface area contributed by atoms with Gasteiger partial charge in [0.2, 0.25) is 5.91 Å². The largest absolute Gasteiger partial charge is 0.373 e. The van der Waals surface area contributed by atoms with E-state index in [4.69, 9.17) is 14.2 Å². The lowest BCUT2D eigenvalue weighted by atomic mass is 9.92. The number of amides is 1. The van der Waals surface area contributed by atoms with Crippen molar-refractivity contribution >= 4 is 29.2 Å². The van der Waals surface area contributed by atoms with Gasteiger partial charge in [-0.05, 0) is 29.1 Å². The number of azo groups is 2. The molecule has 302 valence electrons. The van der Waals surface area contributed by atoms with E-state index in [2.05, 4.69) is 153 Å². The van der Waals surface area contributed by atoms with Crippen molar-refractivity contribution in [3.8, 4) is 0 Å². The molecule has 0 radical (unpaired) electrons. The van der Waals surface area contributed by atoms with Crippen molar-refractivity contribution in [3.63, 3.8) is 0 Å². The topological polar surface area (TPSA) is 202 Å². The molecule has 16 heteroatoms. The highest BCUT2D eigenvalue weighted by molar-refractivity contribution is 6.04. The number of nitrogens with zero attached hydrogens (tertiary/aromatic N) is 9. The number of aromatic amines is 1. The molecule has 0 fully saturated rings. The predicted molar refractivity (Wildman–Crippen MR) is 210 cm³/mol. The lowest BCUT2D eigenvalue weighted by Gasteiger charge is -2.17. The van der Waals surface area contributed by atoms with E-state index in [1.807, 2.05) is 0 Å². The van der Waals surface area contributed by atoms with Crippen LogP contribution in [-0.2, 0) is 30.4 Å². The number of Topliss-reactive ketones (excluding diaryl/α,β-unsaturated/α-hetero) is 1. The van der Waals surface area contributed by atoms with Crippen molar-refractivity contribution in [1.29, 1.82) is 0 Å². The van der Waals surface area contributed by atoms with Crippen LogP contribution in [0, 0.1) is 27.6 Å². The van der Waals surface area contributed by atoms with E-state index in [1.54, 1.807) is 0 Å². The molecular formula is C37H69N11O5. The molecule has 0 unspecified atom stereocenters. The van der Waals surface area contributed by atoms with Crippen LogP contribution in [0.2, 0.25) is 0 Å². The number of amidine groups is 3. The second kappa shape index (κ2) is 24.6. The summed E-state index contributed by atoms with van der Waals surface area (Å²) in [5.74, 6) is 3.75. The van der Waals surface area contributed by atoms with Gasteiger partial charge in [-0.1, -0.05) is 96.9 Å². The number of aliphatic imine (C=N–C) groups is 3. The van der Waals surface area contributed by atoms with Gasteiger partial charge >= 0.3 is 0 Å². The van der Waals surface area contributed by atoms with E-state index in [-0.39, 0.29) is 46.5 Å². The van der Waals surface area contributed by atoms with Crippen LogP contribution in [0.4, 0.5) is 0 Å². The van der Waals surface area contributed by atoms with Crippen molar-refractivity contribution in [2.45, 2.75) is 117 Å². The van der Waals surface area contributed by atoms with Gasteiger partial charge in [0.25, 0.3) is 0 Å². The van der Waals surface area contributed by atoms with Crippen LogP contribution >= 0.6 is 0 Å². The Balaban J connectivity index is 0.000000641. The summed E-state index contributed by atoms with van der Waals surface area (Å²) < 4.78 is 15.8. The summed E-state index contributed by atoms with van der Waals surface area (Å²) in [6.45, 7) is 35.6. The van der Waals surface area contributed by atoms with Crippen molar-refractivity contribution < 1.29 is 23.8 Å². The molecule has 16 nitrogen and oxygen atoms in total. The smallest absolute Gasteiger partial charge is 0.247 e. The number of hydrogen-bond donors (Lipinski definition) is 2. The highest BCUT2D eigenvalue weighted by Crippen LogP contribution is 2.21. The Morgan fingerprint density at radius 1 is 0.792 bits per heavy atom. The van der Waals surface area contributed by atoms with E-state index >= 15 is 0 Å². The van der Waals surface area contributed by atoms with Crippen LogP contribution in [-0.4, -0.2) is 97.3 Å². The summed E-state index contributed by atoms with van der Waals surface area (Å²) in [4.78, 5) is 37.2. The Hall–Kier alpha value is -3.63. The number of carbonyl (C=O) groups excluding carboxylic acids is 2. The standard InChI is InChI=1S/C8H15N3O.C8H14N2O2.C8H16O2.C7H13N3.C6H11N3/c1-8(2,3)5-12-4-7-9-6-10-11-7;1-6(2)4-12-5-7-9-3-8(11)10-7;1-7(9)5-10-6-8(2,3)4;1-7(2,3)4-6-8-5-9-10-6;1-6(2,3)5-7-4-8-9-5/h6H,4-5H2,1-3H3,(H,9,10,11);6H,3-5H2,1-2H3,(H,9,10,11);5-6H2,1-4H3;4-5H2,1-3H3;4H2,1-3H3. The fraction of sp³-hybridized carbons (Fsp3) is 0.811. The van der Waals surface area contributed by atoms with Crippen LogP contribution in [0.1, 0.15) is 116 Å². The minimum atomic E-state index is -0.0434. The predicted octanol–water partition coefficient (Wildman–Crippen LogP) is 7.29. The molecule has 1 aromatic rings. The van der Waals surface area contributed by atoms with Crippen LogP contribution in [0.25, 0.3) is 0 Å². The number of carbonyl (C=O) groups is 2. The molecule has 0 saturated heterocycles. The molecule has 0 atom stereocenters. The van der Waals surface area contributed by atoms with Gasteiger partial charge in [-0.25, -0.2) is 15.0 Å². The maximum atomic E-state index is 10.7. The number of ketones is 1. The van der Waals surface area contributed by atoms with E-state index in [9.17, 15) is 9.59 Å². The second-order valence-electron chi connectivity index (χ2n) is 17.8. The summed E-state index contributed by atoms with van der Waals surface area (Å²) in [7, 11) is 0. The van der Waals surface area contributed by atoms with Gasteiger partial charge in [-0.15, -0.1) is 10.2 Å². The van der Waals surface area contributed by atoms with Gasteiger partial charge in [0.1, 0.15) is 50.2 Å². The molecule has 2 N–H and O–H groups in total. The minimum absolute atomic E-state index is 0.0434. The number of nitrogens with one attached hydrogen (secondary N) is 2. The van der Waals surface area contributed by atoms with Crippen LogP contribution in [0.5, 0.6) is 0 Å². The fourth-order valence-electron chi connectivity index (χ4n) is 3.58. The maximum absolute atomic E-state index is 10.7. The van der Waals surface area contributed by atoms with Crippen molar-refractivity contribution in [1.82, 2.24) is 20.5 Å². The normalized spacial score (nSPS) is 15.1. The summed E-state index contributed by atoms with van der Waals surface area (Å²) in [6.07, 6.45) is 2.41. The SMILES string of the molecule is CC(=O)COCC(C)(C)C.CC(C)(C)C1=NCN=N1.CC(C)(C)CC1=NCN=N1.CC(C)(C)COCc1ncn[nH]1.CC(C)COCC1=NCC(=O)N1. The van der Waals surface area contributed by atoms with Crippen molar-refractivity contribution in [3.05, 3.63) is 12.2 Å². The fourth-order valence-corrected chi connectivity index (χ4v) is 3.58. The Morgan fingerprint density at radius 3 is 1.79 bits per heavy atom. The van der Waals surface area contributed by atoms with E-state index in [0.29, 0.717) is 51.5 Å². The molecule has 0 bridgehead atoms. The Bertz CT molecular complexity index is 1340. The van der Waals surface area contributed by atoms with E-state index in [1.165, 1.54) is 13.3 Å². The first-order chi connectivity index (χ1) is 24.4. The molecule has 1 aromatic heterocycles. The Labute approximate surface area is 318 Å². The summed E-state index contributed by atoms with van der Waals surface area (Å²) in [5.41, 5.74) is 0.720. The lowest BCUT2D eigenvalue weighted by Crippen LogP contribution is -2.28. The summed E-state index contributed by atoms with van der Waals surface area (Å²) in [6, 6.07) is 0. The second-order valence-corrected chi connectivity index (χ2v) is 17.8. The zero-order valence-electron chi connectivity index (χ0n) is 35.3. The monoisotopic (exact) mass is 748 g/mol. The number of aromatic nitrogens is 3. The molecule has 4 rings (SSSR count). The summed E-state index contributed by atoms with van der Waals surface area (Å²) >= 11 is 0. The van der Waals surface area contributed by atoms with Crippen molar-refractivity contribution in [2.75, 3.05) is 52.9 Å². The first-order valence-corrected chi connectivity index (χ1v) is 18.1. The first kappa shape index (κ1) is 49.4. The molecule has 4 heterocycles. The molecule has 53 heavy (non-hydrogen) atoms. The molecule has 3 aliphatic rings. The third-order valence-corrected chi connectivity index (χ3v) is 5.78. The molecule has 3 aliphatic heterocycles. The quantitative estimate of drug-likeness (QED) is 0.236. The Morgan fingerprint density at radius 2 is 1.40 bits per heavy atom. The van der Waals surface area contributed by atoms with Gasteiger partial charge in [-0.2, -0.15) is 15.3 Å². The molecule has 0 saturated carbocycles. The van der Waals surface area contributed by atoms with Gasteiger partial charge in [0, 0.05) is 18.4 Å². The van der Waals surface area contributed by atoms with Gasteiger partial charge in [-0.3, -0.25) is 19.7 Å². The van der Waals surface area contributed by atoms with Crippen LogP contribution < -0.4 is 5.32 Å². The highest BCUT2D eigenvalue weighted by Gasteiger charge is 2.20. The number of hydrogen-bond acceptors (Lipinski definition) is 14. The maximum Gasteiger partial charge on any atom is 0.247 e. The van der Waals surface area contributed by atoms with Gasteiger partial charge in [0.05, 0.1) is 13.2 Å². The Kier molecular flexibility index (Phi) is 23.0. The average molecular weight is 748 g/mol. The van der Waals surface area contributed by atoms with E-state index < -0.39 is 0 Å². The van der Waals surface area contributed by atoms with Crippen LogP contribution in [0.3, 0.4) is 0 Å². The summed E-state index contributed by atoms with van der Waals surface area (Å²) in [5, 5.41) is 24.4. The van der Waals surface area contributed by atoms with Crippen molar-refractivity contribution in [2.24, 2.45) is 63.0 Å². The average Bonchev–Trinajstić information content (AvgIpc) is 3.81. The zero-order chi connectivity index (χ0) is 40.7. The van der Waals surface area contributed by atoms with Gasteiger partial charge in [0.15, 0.2) is 25.0 Å². The number of ether oxygens (including phenoxy) is 3. The van der Waals surface area contributed by atoms with Gasteiger partial charge < -0.3 is 19.5 Å². The molecular weight excluding hydrogens is 678 g/mol. The zero-order valence-corrected chi connectivity index (χ0v) is 35.3. The molecule has 1 amide bonds. The van der Waals surface area contributed by atoms with Crippen LogP contribution in [0.15, 0.2) is 41.8 Å². The number of H-pyrrole nitrogens is 1. The third-order valence-electron chi connectivity index (χ3n) is 5.78. The highest BCUT2D eigenvalue weighted by atomic mass is 16.5. The number of rotatable bonds is 11. The minimum Gasteiger partial charge on any atom is -0.373 e. The lowest BCUT2D eigenvalue weighted by molar-refractivity contribution is -0.122. The molecule has 0 aromatic carbocycles.